The molecule has 0 spiro atoms. The number of allylic oxidation sites excluding steroid dienone is 2. The Morgan fingerprint density at radius 2 is 2.10 bits per heavy atom. The van der Waals surface area contributed by atoms with Gasteiger partial charge in [0.25, 0.3) is 0 Å². The van der Waals surface area contributed by atoms with Crippen molar-refractivity contribution in [2.75, 3.05) is 6.61 Å². The Kier molecular flexibility index (Phi) is 3.88. The van der Waals surface area contributed by atoms with Crippen LogP contribution in [0.1, 0.15) is 27.2 Å². The van der Waals surface area contributed by atoms with Crippen LogP contribution in [0.15, 0.2) is 12.2 Å². The first-order chi connectivity index (χ1) is 9.97. The zero-order valence-electron chi connectivity index (χ0n) is 12.7. The summed E-state index contributed by atoms with van der Waals surface area (Å²) in [5.74, 6) is 0.410. The van der Waals surface area contributed by atoms with Gasteiger partial charge in [-0.1, -0.05) is 12.2 Å². The Morgan fingerprint density at radius 1 is 1.38 bits per heavy atom. The van der Waals surface area contributed by atoms with Gasteiger partial charge < -0.3 is 14.2 Å². The molecule has 2 fully saturated rings. The maximum absolute atomic E-state index is 12.6. The van der Waals surface area contributed by atoms with E-state index in [9.17, 15) is 9.59 Å². The molecule has 21 heavy (non-hydrogen) atoms. The van der Waals surface area contributed by atoms with Crippen LogP contribution < -0.4 is 0 Å². The third-order valence-corrected chi connectivity index (χ3v) is 4.66. The number of carbonyl (C=O) groups is 2. The Bertz CT molecular complexity index is 469. The SMILES string of the molecule is CC(=O)OC[C@H]1O[C@H](OC(C)C)C(=O)[C@@H]2[C@H]1[C@@H]1C=C[C@H]2C1. The van der Waals surface area contributed by atoms with Crippen molar-refractivity contribution in [2.45, 2.75) is 45.7 Å². The van der Waals surface area contributed by atoms with E-state index < -0.39 is 6.29 Å². The first-order valence-corrected chi connectivity index (χ1v) is 7.63. The van der Waals surface area contributed by atoms with E-state index >= 15 is 0 Å². The summed E-state index contributed by atoms with van der Waals surface area (Å²) in [6.45, 7) is 5.34. The van der Waals surface area contributed by atoms with E-state index in [0.717, 1.165) is 6.42 Å². The van der Waals surface area contributed by atoms with Crippen molar-refractivity contribution >= 4 is 11.8 Å². The van der Waals surface area contributed by atoms with Gasteiger partial charge in [0.2, 0.25) is 6.29 Å². The van der Waals surface area contributed by atoms with Crippen LogP contribution in [0.4, 0.5) is 0 Å². The molecule has 0 radical (unpaired) electrons. The summed E-state index contributed by atoms with van der Waals surface area (Å²) in [7, 11) is 0. The van der Waals surface area contributed by atoms with Crippen molar-refractivity contribution in [2.24, 2.45) is 23.7 Å². The molecule has 6 atom stereocenters. The lowest BCUT2D eigenvalue weighted by Crippen LogP contribution is -2.52. The number of esters is 1. The van der Waals surface area contributed by atoms with Crippen molar-refractivity contribution in [1.82, 2.24) is 0 Å². The van der Waals surface area contributed by atoms with Gasteiger partial charge in [-0.3, -0.25) is 9.59 Å². The molecule has 116 valence electrons. The van der Waals surface area contributed by atoms with Crippen LogP contribution in [-0.2, 0) is 23.8 Å². The molecule has 2 aliphatic carbocycles. The molecule has 3 rings (SSSR count). The molecule has 0 N–H and O–H groups in total. The summed E-state index contributed by atoms with van der Waals surface area (Å²) < 4.78 is 16.6. The van der Waals surface area contributed by atoms with E-state index in [1.165, 1.54) is 6.92 Å². The lowest BCUT2D eigenvalue weighted by Gasteiger charge is -2.41. The third kappa shape index (κ3) is 2.64. The summed E-state index contributed by atoms with van der Waals surface area (Å²) in [5.41, 5.74) is 0. The van der Waals surface area contributed by atoms with Crippen LogP contribution in [0, 0.1) is 23.7 Å². The minimum Gasteiger partial charge on any atom is -0.463 e. The van der Waals surface area contributed by atoms with E-state index in [0.29, 0.717) is 5.92 Å². The number of carbonyl (C=O) groups excluding carboxylic acids is 2. The van der Waals surface area contributed by atoms with Gasteiger partial charge in [-0.2, -0.15) is 0 Å². The summed E-state index contributed by atoms with van der Waals surface area (Å²) in [6, 6.07) is 0. The van der Waals surface area contributed by atoms with Gasteiger partial charge in [-0.05, 0) is 32.1 Å². The molecule has 5 heteroatoms. The molecule has 0 unspecified atom stereocenters. The van der Waals surface area contributed by atoms with Gasteiger partial charge >= 0.3 is 5.97 Å². The normalized spacial score (nSPS) is 40.7. The van der Waals surface area contributed by atoms with Crippen LogP contribution in [-0.4, -0.2) is 36.9 Å². The minimum absolute atomic E-state index is 0.0459. The van der Waals surface area contributed by atoms with Gasteiger partial charge in [0, 0.05) is 18.8 Å². The second-order valence-corrected chi connectivity index (χ2v) is 6.45. The maximum Gasteiger partial charge on any atom is 0.302 e. The predicted octanol–water partition coefficient (Wildman–Crippen LogP) is 1.71. The van der Waals surface area contributed by atoms with Gasteiger partial charge in [0.1, 0.15) is 6.61 Å². The molecule has 1 saturated heterocycles. The molecule has 0 aromatic heterocycles. The molecule has 0 aromatic carbocycles. The van der Waals surface area contributed by atoms with Crippen LogP contribution in [0.3, 0.4) is 0 Å². The average Bonchev–Trinajstić information content (AvgIpc) is 3.00. The summed E-state index contributed by atoms with van der Waals surface area (Å²) in [6.07, 6.45) is 4.13. The Balaban J connectivity index is 1.80. The van der Waals surface area contributed by atoms with E-state index in [1.54, 1.807) is 0 Å². The van der Waals surface area contributed by atoms with Gasteiger partial charge in [0.15, 0.2) is 5.78 Å². The monoisotopic (exact) mass is 294 g/mol. The highest BCUT2D eigenvalue weighted by Gasteiger charge is 2.57. The highest BCUT2D eigenvalue weighted by molar-refractivity contribution is 5.86. The van der Waals surface area contributed by atoms with E-state index in [-0.39, 0.29) is 48.3 Å². The Hall–Kier alpha value is -1.20. The largest absolute Gasteiger partial charge is 0.463 e. The topological polar surface area (TPSA) is 61.8 Å². The van der Waals surface area contributed by atoms with Crippen LogP contribution in [0.2, 0.25) is 0 Å². The fourth-order valence-corrected chi connectivity index (χ4v) is 3.94. The van der Waals surface area contributed by atoms with Crippen molar-refractivity contribution in [3.05, 3.63) is 12.2 Å². The number of hydrogen-bond acceptors (Lipinski definition) is 5. The highest BCUT2D eigenvalue weighted by Crippen LogP contribution is 2.53. The van der Waals surface area contributed by atoms with Gasteiger partial charge in [0.05, 0.1) is 12.2 Å². The summed E-state index contributed by atoms with van der Waals surface area (Å²) >= 11 is 0. The van der Waals surface area contributed by atoms with E-state index in [1.807, 2.05) is 13.8 Å². The third-order valence-electron chi connectivity index (χ3n) is 4.66. The molecule has 1 saturated carbocycles. The Morgan fingerprint density at radius 3 is 2.76 bits per heavy atom. The van der Waals surface area contributed by atoms with Crippen molar-refractivity contribution in [1.29, 1.82) is 0 Å². The fraction of sp³-hybridized carbons (Fsp3) is 0.750. The second-order valence-electron chi connectivity index (χ2n) is 6.45. The van der Waals surface area contributed by atoms with Crippen molar-refractivity contribution in [3.8, 4) is 0 Å². The number of Topliss-reactive ketones (excluding diaryl/α,β-unsaturated/α-hetero) is 1. The smallest absolute Gasteiger partial charge is 0.302 e. The summed E-state index contributed by atoms with van der Waals surface area (Å²) in [5, 5.41) is 0. The van der Waals surface area contributed by atoms with Crippen molar-refractivity contribution < 1.29 is 23.8 Å². The first-order valence-electron chi connectivity index (χ1n) is 7.63. The highest BCUT2D eigenvalue weighted by atomic mass is 16.7. The standard InChI is InChI=1S/C16H22O5/c1-8(2)20-16-15(18)14-11-5-4-10(6-11)13(14)12(21-16)7-19-9(3)17/h4-5,8,10-14,16H,6-7H2,1-3H3/t10-,11+,12-,13+,14+,16+/m1/s1. The predicted molar refractivity (Wildman–Crippen MR) is 74.2 cm³/mol. The lowest BCUT2D eigenvalue weighted by molar-refractivity contribution is -0.233. The molecule has 1 heterocycles. The number of hydrogen-bond donors (Lipinski definition) is 0. The minimum atomic E-state index is -0.834. The average molecular weight is 294 g/mol. The number of rotatable bonds is 4. The molecular weight excluding hydrogens is 272 g/mol. The van der Waals surface area contributed by atoms with Crippen LogP contribution in [0.25, 0.3) is 0 Å². The molecular formula is C16H22O5. The molecule has 0 amide bonds. The zero-order chi connectivity index (χ0) is 15.1. The Labute approximate surface area is 124 Å². The molecule has 0 aromatic rings. The van der Waals surface area contributed by atoms with Gasteiger partial charge in [-0.25, -0.2) is 0 Å². The number of ketones is 1. The quantitative estimate of drug-likeness (QED) is 0.583. The molecule has 2 bridgehead atoms. The lowest BCUT2D eigenvalue weighted by atomic mass is 9.75. The second kappa shape index (κ2) is 5.54. The van der Waals surface area contributed by atoms with Crippen LogP contribution in [0.5, 0.6) is 0 Å². The maximum atomic E-state index is 12.6. The molecule has 5 nitrogen and oxygen atoms in total. The van der Waals surface area contributed by atoms with E-state index in [4.69, 9.17) is 14.2 Å². The number of fused-ring (bicyclic) bond motifs is 5. The molecule has 3 aliphatic rings. The van der Waals surface area contributed by atoms with E-state index in [2.05, 4.69) is 12.2 Å². The van der Waals surface area contributed by atoms with Crippen molar-refractivity contribution in [3.63, 3.8) is 0 Å². The van der Waals surface area contributed by atoms with Crippen LogP contribution >= 0.6 is 0 Å². The number of ether oxygens (including phenoxy) is 3. The molecule has 1 aliphatic heterocycles. The van der Waals surface area contributed by atoms with Gasteiger partial charge in [-0.15, -0.1) is 0 Å². The summed E-state index contributed by atoms with van der Waals surface area (Å²) in [4.78, 5) is 23.7. The zero-order valence-corrected chi connectivity index (χ0v) is 12.7. The fourth-order valence-electron chi connectivity index (χ4n) is 3.94. The first kappa shape index (κ1) is 14.7.